The van der Waals surface area contributed by atoms with Gasteiger partial charge < -0.3 is 9.80 Å². The van der Waals surface area contributed by atoms with Crippen molar-refractivity contribution in [1.29, 1.82) is 0 Å². The standard InChI is InChI=1S/C22H27N5O2S2/c1-4-8-26-21(29)17(31-22(26)30)13-16-19(25-11-9-24(5-2)10-12-25)23-18-7-6-15(3)14-27(18)20(16)28/h6-7,13-14H,4-5,8-12H2,1-3H3/b17-13-. The quantitative estimate of drug-likeness (QED) is 0.505. The van der Waals surface area contributed by atoms with Crippen LogP contribution in [0.25, 0.3) is 11.7 Å². The van der Waals surface area contributed by atoms with E-state index in [9.17, 15) is 9.59 Å². The van der Waals surface area contributed by atoms with E-state index in [2.05, 4.69) is 16.7 Å². The molecule has 0 N–H and O–H groups in total. The van der Waals surface area contributed by atoms with Crippen LogP contribution in [0.3, 0.4) is 0 Å². The monoisotopic (exact) mass is 457 g/mol. The van der Waals surface area contributed by atoms with Crippen molar-refractivity contribution in [2.45, 2.75) is 27.2 Å². The molecule has 0 unspecified atom stereocenters. The zero-order valence-corrected chi connectivity index (χ0v) is 19.8. The van der Waals surface area contributed by atoms with Crippen molar-refractivity contribution in [3.63, 3.8) is 0 Å². The van der Waals surface area contributed by atoms with Gasteiger partial charge in [0.2, 0.25) is 0 Å². The molecular weight excluding hydrogens is 430 g/mol. The maximum Gasteiger partial charge on any atom is 0.267 e. The van der Waals surface area contributed by atoms with Crippen LogP contribution in [0, 0.1) is 6.92 Å². The molecule has 2 aliphatic rings. The van der Waals surface area contributed by atoms with Gasteiger partial charge in [-0.2, -0.15) is 0 Å². The van der Waals surface area contributed by atoms with Crippen LogP contribution >= 0.6 is 24.0 Å². The molecule has 0 spiro atoms. The number of rotatable bonds is 5. The summed E-state index contributed by atoms with van der Waals surface area (Å²) in [5.74, 6) is 0.512. The predicted molar refractivity (Wildman–Crippen MR) is 131 cm³/mol. The molecule has 0 saturated carbocycles. The number of carbonyl (C=O) groups is 1. The highest BCUT2D eigenvalue weighted by molar-refractivity contribution is 8.26. The molecule has 7 nitrogen and oxygen atoms in total. The Morgan fingerprint density at radius 1 is 1.16 bits per heavy atom. The van der Waals surface area contributed by atoms with Crippen LogP contribution < -0.4 is 10.5 Å². The summed E-state index contributed by atoms with van der Waals surface area (Å²) < 4.78 is 2.11. The van der Waals surface area contributed by atoms with Gasteiger partial charge in [-0.25, -0.2) is 4.98 Å². The molecule has 0 radical (unpaired) electrons. The summed E-state index contributed by atoms with van der Waals surface area (Å²) >= 11 is 6.66. The van der Waals surface area contributed by atoms with Gasteiger partial charge in [0, 0.05) is 38.9 Å². The minimum absolute atomic E-state index is 0.132. The molecule has 2 fully saturated rings. The Hall–Kier alpha value is -2.23. The Labute approximate surface area is 191 Å². The molecule has 164 valence electrons. The van der Waals surface area contributed by atoms with E-state index in [1.165, 1.54) is 11.8 Å². The number of hydrogen-bond donors (Lipinski definition) is 0. The van der Waals surface area contributed by atoms with Gasteiger partial charge in [0.05, 0.1) is 10.5 Å². The lowest BCUT2D eigenvalue weighted by Gasteiger charge is -2.35. The summed E-state index contributed by atoms with van der Waals surface area (Å²) in [6, 6.07) is 3.82. The van der Waals surface area contributed by atoms with Crippen molar-refractivity contribution >= 4 is 51.7 Å². The smallest absolute Gasteiger partial charge is 0.267 e. The zero-order chi connectivity index (χ0) is 22.1. The normalized spacial score (nSPS) is 19.3. The highest BCUT2D eigenvalue weighted by atomic mass is 32.2. The molecule has 2 saturated heterocycles. The SMILES string of the molecule is CCCN1C(=O)/C(=C/c2c(N3CCN(CC)CC3)nc3ccc(C)cn3c2=O)SC1=S. The average Bonchev–Trinajstić information content (AvgIpc) is 3.03. The number of amides is 1. The number of carbonyl (C=O) groups excluding carboxylic acids is 1. The minimum atomic E-state index is -0.164. The summed E-state index contributed by atoms with van der Waals surface area (Å²) in [5, 5.41) is 0. The predicted octanol–water partition coefficient (Wildman–Crippen LogP) is 2.76. The van der Waals surface area contributed by atoms with E-state index in [0.717, 1.165) is 44.7 Å². The van der Waals surface area contributed by atoms with E-state index in [-0.39, 0.29) is 11.5 Å². The summed E-state index contributed by atoms with van der Waals surface area (Å²) in [6.07, 6.45) is 4.32. The van der Waals surface area contributed by atoms with E-state index < -0.39 is 0 Å². The van der Waals surface area contributed by atoms with Crippen molar-refractivity contribution in [1.82, 2.24) is 19.2 Å². The molecule has 1 amide bonds. The number of piperazine rings is 1. The lowest BCUT2D eigenvalue weighted by atomic mass is 10.2. The Morgan fingerprint density at radius 3 is 2.58 bits per heavy atom. The first-order valence-electron chi connectivity index (χ1n) is 10.7. The maximum atomic E-state index is 13.5. The lowest BCUT2D eigenvalue weighted by molar-refractivity contribution is -0.122. The second-order valence-electron chi connectivity index (χ2n) is 7.84. The van der Waals surface area contributed by atoms with Gasteiger partial charge >= 0.3 is 0 Å². The topological polar surface area (TPSA) is 61.2 Å². The number of thiocarbonyl (C=S) groups is 1. The number of thioether (sulfide) groups is 1. The first-order chi connectivity index (χ1) is 14.9. The highest BCUT2D eigenvalue weighted by Gasteiger charge is 2.32. The number of aryl methyl sites for hydroxylation is 1. The van der Waals surface area contributed by atoms with Crippen LogP contribution in [0.1, 0.15) is 31.4 Å². The molecule has 0 aliphatic carbocycles. The minimum Gasteiger partial charge on any atom is -0.353 e. The second-order valence-corrected chi connectivity index (χ2v) is 9.52. The summed E-state index contributed by atoms with van der Waals surface area (Å²) in [4.78, 5) is 37.9. The van der Waals surface area contributed by atoms with Gasteiger partial charge in [-0.3, -0.25) is 18.9 Å². The summed E-state index contributed by atoms with van der Waals surface area (Å²) in [7, 11) is 0. The lowest BCUT2D eigenvalue weighted by Crippen LogP contribution is -2.47. The third kappa shape index (κ3) is 4.26. The molecule has 2 aromatic heterocycles. The third-order valence-electron chi connectivity index (χ3n) is 5.70. The Kier molecular flexibility index (Phi) is 6.45. The van der Waals surface area contributed by atoms with Crippen molar-refractivity contribution in [2.75, 3.05) is 44.2 Å². The largest absolute Gasteiger partial charge is 0.353 e. The van der Waals surface area contributed by atoms with Gasteiger partial charge in [-0.15, -0.1) is 0 Å². The fourth-order valence-corrected chi connectivity index (χ4v) is 5.23. The van der Waals surface area contributed by atoms with Crippen LogP contribution in [-0.2, 0) is 4.79 Å². The third-order valence-corrected chi connectivity index (χ3v) is 7.08. The first-order valence-corrected chi connectivity index (χ1v) is 11.9. The van der Waals surface area contributed by atoms with Crippen LogP contribution in [0.15, 0.2) is 28.0 Å². The Morgan fingerprint density at radius 2 is 1.90 bits per heavy atom. The number of aromatic nitrogens is 2. The number of nitrogens with zero attached hydrogens (tertiary/aromatic N) is 5. The highest BCUT2D eigenvalue weighted by Crippen LogP contribution is 2.33. The van der Waals surface area contributed by atoms with E-state index in [4.69, 9.17) is 17.2 Å². The molecule has 0 atom stereocenters. The van der Waals surface area contributed by atoms with E-state index in [1.807, 2.05) is 26.0 Å². The fourth-order valence-electron chi connectivity index (χ4n) is 3.94. The van der Waals surface area contributed by atoms with Crippen molar-refractivity contribution in [2.24, 2.45) is 0 Å². The Balaban J connectivity index is 1.83. The number of anilines is 1. The molecule has 0 aromatic carbocycles. The molecule has 31 heavy (non-hydrogen) atoms. The van der Waals surface area contributed by atoms with Gasteiger partial charge in [0.1, 0.15) is 15.8 Å². The number of fused-ring (bicyclic) bond motifs is 1. The van der Waals surface area contributed by atoms with Gasteiger partial charge in [0.25, 0.3) is 11.5 Å². The fraction of sp³-hybridized carbons (Fsp3) is 0.455. The van der Waals surface area contributed by atoms with E-state index in [0.29, 0.717) is 32.8 Å². The van der Waals surface area contributed by atoms with Crippen molar-refractivity contribution in [3.8, 4) is 0 Å². The van der Waals surface area contributed by atoms with Crippen LogP contribution in [-0.4, -0.2) is 68.7 Å². The van der Waals surface area contributed by atoms with Crippen LogP contribution in [0.4, 0.5) is 5.82 Å². The molecule has 4 rings (SSSR count). The summed E-state index contributed by atoms with van der Waals surface area (Å²) in [6.45, 7) is 11.1. The summed E-state index contributed by atoms with van der Waals surface area (Å²) in [5.41, 5.74) is 1.87. The van der Waals surface area contributed by atoms with Gasteiger partial charge in [-0.05, 0) is 37.6 Å². The van der Waals surface area contributed by atoms with E-state index >= 15 is 0 Å². The average molecular weight is 458 g/mol. The van der Waals surface area contributed by atoms with Crippen LogP contribution in [0.2, 0.25) is 0 Å². The number of likely N-dealkylation sites (N-methyl/N-ethyl adjacent to an activating group) is 1. The van der Waals surface area contributed by atoms with Gasteiger partial charge in [-0.1, -0.05) is 43.9 Å². The molecule has 9 heteroatoms. The number of hydrogen-bond acceptors (Lipinski definition) is 7. The van der Waals surface area contributed by atoms with Crippen LogP contribution in [0.5, 0.6) is 0 Å². The molecule has 2 aromatic rings. The van der Waals surface area contributed by atoms with Gasteiger partial charge in [0.15, 0.2) is 0 Å². The molecule has 2 aliphatic heterocycles. The van der Waals surface area contributed by atoms with E-state index in [1.54, 1.807) is 21.6 Å². The molecule has 0 bridgehead atoms. The maximum absolute atomic E-state index is 13.5. The van der Waals surface area contributed by atoms with Crippen molar-refractivity contribution < 1.29 is 4.79 Å². The second kappa shape index (κ2) is 9.10. The zero-order valence-electron chi connectivity index (χ0n) is 18.1. The molecule has 4 heterocycles. The number of pyridine rings is 1. The van der Waals surface area contributed by atoms with Crippen molar-refractivity contribution in [3.05, 3.63) is 44.7 Å². The molecular formula is C22H27N5O2S2. The first kappa shape index (κ1) is 22.0. The Bertz CT molecular complexity index is 1120.